The van der Waals surface area contributed by atoms with Gasteiger partial charge in [-0.25, -0.2) is 0 Å². The highest BCUT2D eigenvalue weighted by Crippen LogP contribution is 2.36. The van der Waals surface area contributed by atoms with E-state index in [-0.39, 0.29) is 0 Å². The van der Waals surface area contributed by atoms with Gasteiger partial charge in [-0.3, -0.25) is 5.41 Å². The Morgan fingerprint density at radius 2 is 2.08 bits per heavy atom. The predicted molar refractivity (Wildman–Crippen MR) is 57.0 cm³/mol. The molecular formula is C8H15NOS2. The molecule has 0 saturated carbocycles. The van der Waals surface area contributed by atoms with Crippen molar-refractivity contribution in [2.45, 2.75) is 19.3 Å². The average molecular weight is 205 g/mol. The number of ether oxygens (including phenoxy) is 1. The number of nitrogens with one attached hydrogen (secondary N) is 1. The molecule has 70 valence electrons. The van der Waals surface area contributed by atoms with Crippen molar-refractivity contribution in [1.29, 1.82) is 5.41 Å². The highest BCUT2D eigenvalue weighted by atomic mass is 33.1. The van der Waals surface area contributed by atoms with Crippen molar-refractivity contribution >= 4 is 28.0 Å². The molecular weight excluding hydrogens is 190 g/mol. The SMILES string of the molecule is N=COCCCCC1CSSC1. The largest absolute Gasteiger partial charge is 0.484 e. The van der Waals surface area contributed by atoms with Crippen molar-refractivity contribution in [1.82, 2.24) is 0 Å². The Bertz CT molecular complexity index is 126. The fourth-order valence-electron chi connectivity index (χ4n) is 1.18. The summed E-state index contributed by atoms with van der Waals surface area (Å²) in [5, 5.41) is 6.65. The van der Waals surface area contributed by atoms with E-state index in [0.717, 1.165) is 25.3 Å². The van der Waals surface area contributed by atoms with Crippen LogP contribution in [0.3, 0.4) is 0 Å². The van der Waals surface area contributed by atoms with Gasteiger partial charge in [-0.15, -0.1) is 0 Å². The van der Waals surface area contributed by atoms with Crippen LogP contribution >= 0.6 is 21.6 Å². The number of rotatable bonds is 6. The second kappa shape index (κ2) is 6.66. The second-order valence-corrected chi connectivity index (χ2v) is 5.47. The van der Waals surface area contributed by atoms with Crippen LogP contribution in [0.15, 0.2) is 0 Å². The van der Waals surface area contributed by atoms with E-state index in [2.05, 4.69) is 0 Å². The number of hydrogen-bond donors (Lipinski definition) is 1. The standard InChI is InChI=1S/C8H15NOS2/c9-7-10-4-2-1-3-8-5-11-12-6-8/h7-9H,1-6H2. The van der Waals surface area contributed by atoms with Gasteiger partial charge in [0, 0.05) is 11.5 Å². The van der Waals surface area contributed by atoms with Gasteiger partial charge < -0.3 is 4.74 Å². The lowest BCUT2D eigenvalue weighted by molar-refractivity contribution is 0.301. The van der Waals surface area contributed by atoms with E-state index in [1.54, 1.807) is 0 Å². The number of unbranched alkanes of at least 4 members (excludes halogenated alkanes) is 1. The van der Waals surface area contributed by atoms with Crippen molar-refractivity contribution in [3.05, 3.63) is 0 Å². The first-order valence-corrected chi connectivity index (χ1v) is 6.77. The highest BCUT2D eigenvalue weighted by Gasteiger charge is 2.15. The monoisotopic (exact) mass is 205 g/mol. The Hall–Kier alpha value is 0.170. The summed E-state index contributed by atoms with van der Waals surface area (Å²) in [6.07, 6.45) is 4.71. The van der Waals surface area contributed by atoms with Gasteiger partial charge >= 0.3 is 0 Å². The van der Waals surface area contributed by atoms with E-state index in [1.165, 1.54) is 24.3 Å². The summed E-state index contributed by atoms with van der Waals surface area (Å²) in [6.45, 7) is 0.719. The first-order valence-electron chi connectivity index (χ1n) is 4.28. The van der Waals surface area contributed by atoms with E-state index in [0.29, 0.717) is 0 Å². The van der Waals surface area contributed by atoms with Gasteiger partial charge in [-0.1, -0.05) is 21.6 Å². The van der Waals surface area contributed by atoms with Crippen molar-refractivity contribution in [2.24, 2.45) is 5.92 Å². The normalized spacial score (nSPS) is 18.0. The summed E-state index contributed by atoms with van der Waals surface area (Å²) in [4.78, 5) is 0. The maximum Gasteiger partial charge on any atom is 0.166 e. The molecule has 1 N–H and O–H groups in total. The summed E-state index contributed by atoms with van der Waals surface area (Å²) < 4.78 is 4.83. The lowest BCUT2D eigenvalue weighted by Gasteiger charge is -2.05. The Morgan fingerprint density at radius 3 is 2.75 bits per heavy atom. The van der Waals surface area contributed by atoms with Crippen LogP contribution in [-0.2, 0) is 4.74 Å². The molecule has 1 aliphatic heterocycles. The Morgan fingerprint density at radius 1 is 1.33 bits per heavy atom. The van der Waals surface area contributed by atoms with Gasteiger partial charge in [0.25, 0.3) is 0 Å². The summed E-state index contributed by atoms with van der Waals surface area (Å²) >= 11 is 0. The van der Waals surface area contributed by atoms with Crippen LogP contribution in [0.25, 0.3) is 0 Å². The van der Waals surface area contributed by atoms with Crippen LogP contribution in [0.5, 0.6) is 0 Å². The fourth-order valence-corrected chi connectivity index (χ4v) is 4.21. The molecule has 0 aliphatic carbocycles. The van der Waals surface area contributed by atoms with E-state index >= 15 is 0 Å². The van der Waals surface area contributed by atoms with Crippen LogP contribution in [0, 0.1) is 11.3 Å². The fraction of sp³-hybridized carbons (Fsp3) is 0.875. The lowest BCUT2D eigenvalue weighted by atomic mass is 10.1. The van der Waals surface area contributed by atoms with Crippen molar-refractivity contribution < 1.29 is 4.74 Å². The zero-order chi connectivity index (χ0) is 8.65. The molecule has 12 heavy (non-hydrogen) atoms. The van der Waals surface area contributed by atoms with Gasteiger partial charge in [0.1, 0.15) is 0 Å². The molecule has 4 heteroatoms. The zero-order valence-corrected chi connectivity index (χ0v) is 8.76. The molecule has 1 heterocycles. The van der Waals surface area contributed by atoms with E-state index in [1.807, 2.05) is 21.6 Å². The molecule has 0 aromatic carbocycles. The molecule has 0 spiro atoms. The van der Waals surface area contributed by atoms with Crippen molar-refractivity contribution in [3.8, 4) is 0 Å². The molecule has 1 aliphatic rings. The van der Waals surface area contributed by atoms with Gasteiger partial charge in [0.05, 0.1) is 6.61 Å². The Kier molecular flexibility index (Phi) is 5.69. The average Bonchev–Trinajstić information content (AvgIpc) is 2.57. The first kappa shape index (κ1) is 10.3. The molecule has 0 amide bonds. The van der Waals surface area contributed by atoms with Crippen LogP contribution in [0.2, 0.25) is 0 Å². The predicted octanol–water partition coefficient (Wildman–Crippen LogP) is 2.79. The van der Waals surface area contributed by atoms with E-state index in [4.69, 9.17) is 10.1 Å². The molecule has 0 radical (unpaired) electrons. The molecule has 1 rings (SSSR count). The van der Waals surface area contributed by atoms with Crippen LogP contribution in [-0.4, -0.2) is 24.5 Å². The molecule has 0 aromatic heterocycles. The van der Waals surface area contributed by atoms with E-state index in [9.17, 15) is 0 Å². The minimum absolute atomic E-state index is 0.719. The molecule has 1 saturated heterocycles. The maximum absolute atomic E-state index is 6.65. The third kappa shape index (κ3) is 4.26. The first-order chi connectivity index (χ1) is 5.93. The Labute approximate surface area is 81.7 Å². The number of hydrogen-bond acceptors (Lipinski definition) is 4. The molecule has 1 fully saturated rings. The summed E-state index contributed by atoms with van der Waals surface area (Å²) in [5.41, 5.74) is 0. The quantitative estimate of drug-likeness (QED) is 0.313. The van der Waals surface area contributed by atoms with Gasteiger partial charge in [-0.05, 0) is 25.2 Å². The summed E-state index contributed by atoms with van der Waals surface area (Å²) in [6, 6.07) is 0. The highest BCUT2D eigenvalue weighted by molar-refractivity contribution is 8.77. The molecule has 2 nitrogen and oxygen atoms in total. The Balaban J connectivity index is 1.84. The van der Waals surface area contributed by atoms with Gasteiger partial charge in [0.15, 0.2) is 6.40 Å². The zero-order valence-electron chi connectivity index (χ0n) is 7.12. The molecule has 0 aromatic rings. The lowest BCUT2D eigenvalue weighted by Crippen LogP contribution is -2.01. The molecule has 0 unspecified atom stereocenters. The summed E-state index contributed by atoms with van der Waals surface area (Å²) in [5.74, 6) is 3.59. The molecule has 0 atom stereocenters. The minimum Gasteiger partial charge on any atom is -0.484 e. The second-order valence-electron chi connectivity index (χ2n) is 2.92. The van der Waals surface area contributed by atoms with Gasteiger partial charge in [-0.2, -0.15) is 0 Å². The van der Waals surface area contributed by atoms with Crippen molar-refractivity contribution in [2.75, 3.05) is 18.1 Å². The third-order valence-electron chi connectivity index (χ3n) is 1.90. The maximum atomic E-state index is 6.65. The van der Waals surface area contributed by atoms with Crippen molar-refractivity contribution in [3.63, 3.8) is 0 Å². The van der Waals surface area contributed by atoms with E-state index < -0.39 is 0 Å². The van der Waals surface area contributed by atoms with Gasteiger partial charge in [0.2, 0.25) is 0 Å². The summed E-state index contributed by atoms with van der Waals surface area (Å²) in [7, 11) is 4.00. The van der Waals surface area contributed by atoms with Crippen LogP contribution in [0.1, 0.15) is 19.3 Å². The topological polar surface area (TPSA) is 33.1 Å². The van der Waals surface area contributed by atoms with Crippen LogP contribution in [0.4, 0.5) is 0 Å². The smallest absolute Gasteiger partial charge is 0.166 e. The minimum atomic E-state index is 0.719. The molecule has 0 bridgehead atoms. The third-order valence-corrected chi connectivity index (χ3v) is 4.60. The van der Waals surface area contributed by atoms with Crippen LogP contribution < -0.4 is 0 Å².